The average Bonchev–Trinajstić information content (AvgIpc) is 3.40. The molecule has 51 heavy (non-hydrogen) atoms. The molecule has 0 bridgehead atoms. The van der Waals surface area contributed by atoms with Crippen LogP contribution in [-0.4, -0.2) is 27.4 Å². The zero-order chi connectivity index (χ0) is 36.2. The number of hydrogen-bond acceptors (Lipinski definition) is 4. The Balaban J connectivity index is 1.74. The number of para-hydroxylation sites is 1. The van der Waals surface area contributed by atoms with Gasteiger partial charge in [0.15, 0.2) is 0 Å². The summed E-state index contributed by atoms with van der Waals surface area (Å²) in [7, 11) is -1.77. The van der Waals surface area contributed by atoms with Gasteiger partial charge in [0.1, 0.15) is 11.1 Å². The maximum absolute atomic E-state index is 16.4. The number of ether oxygens (including phenoxy) is 1. The monoisotopic (exact) mass is 696 g/mol. The van der Waals surface area contributed by atoms with E-state index in [1.807, 2.05) is 171 Å². The normalized spacial score (nSPS) is 17.0. The van der Waals surface area contributed by atoms with Crippen LogP contribution in [0.4, 0.5) is 5.69 Å². The number of fused-ring (bicyclic) bond motifs is 1. The van der Waals surface area contributed by atoms with E-state index in [4.69, 9.17) is 4.74 Å². The van der Waals surface area contributed by atoms with E-state index in [1.165, 1.54) is 0 Å². The van der Waals surface area contributed by atoms with Crippen molar-refractivity contribution in [3.05, 3.63) is 186 Å². The number of rotatable bonds is 12. The molecule has 1 unspecified atom stereocenters. The van der Waals surface area contributed by atoms with Gasteiger partial charge in [0.2, 0.25) is 0 Å². The third-order valence-electron chi connectivity index (χ3n) is 9.59. The van der Waals surface area contributed by atoms with Crippen molar-refractivity contribution in [1.82, 2.24) is 4.72 Å². The van der Waals surface area contributed by atoms with Gasteiger partial charge in [-0.1, -0.05) is 146 Å². The zero-order valence-electron chi connectivity index (χ0n) is 29.5. The van der Waals surface area contributed by atoms with Crippen LogP contribution < -0.4 is 9.62 Å². The first-order chi connectivity index (χ1) is 24.6. The van der Waals surface area contributed by atoms with E-state index >= 15 is 4.79 Å². The molecule has 7 heteroatoms. The van der Waals surface area contributed by atoms with Crippen LogP contribution in [0.3, 0.4) is 0 Å². The maximum atomic E-state index is 16.4. The third kappa shape index (κ3) is 6.37. The van der Waals surface area contributed by atoms with Crippen LogP contribution >= 0.6 is 0 Å². The van der Waals surface area contributed by atoms with Crippen LogP contribution in [-0.2, 0) is 42.8 Å². The van der Waals surface area contributed by atoms with Crippen molar-refractivity contribution in [3.63, 3.8) is 0 Å². The maximum Gasteiger partial charge on any atom is 0.333 e. The largest absolute Gasteiger partial charge is 0.463 e. The van der Waals surface area contributed by atoms with Gasteiger partial charge >= 0.3 is 5.97 Å². The van der Waals surface area contributed by atoms with Crippen molar-refractivity contribution in [2.45, 2.75) is 49.9 Å². The standard InChI is InChI=1S/C44H44N2O4S/c1-6-50-40(47)32(2)38(31-33-21-11-7-12-22-33)43(45-51(49)42(3,4)5)37-29-19-20-30-39(37)46(41(43)48)44(34-23-13-8-14-24-34,35-25-15-9-16-26-35)36-27-17-10-18-28-36/h7-30,38,45H,2,6,31H2,1,3-5H3/t38-,43+,51?/m0/s1. The Kier molecular flexibility index (Phi) is 10.2. The molecular formula is C44H44N2O4S. The van der Waals surface area contributed by atoms with Gasteiger partial charge in [0, 0.05) is 17.1 Å². The molecule has 3 atom stereocenters. The van der Waals surface area contributed by atoms with Gasteiger partial charge in [0.25, 0.3) is 5.91 Å². The third-order valence-corrected chi connectivity index (χ3v) is 11.2. The van der Waals surface area contributed by atoms with Crippen LogP contribution in [0, 0.1) is 5.92 Å². The Morgan fingerprint density at radius 1 is 0.765 bits per heavy atom. The van der Waals surface area contributed by atoms with Crippen LogP contribution in [0.2, 0.25) is 0 Å². The van der Waals surface area contributed by atoms with E-state index in [1.54, 1.807) is 6.92 Å². The fraction of sp³-hybridized carbons (Fsp3) is 0.227. The van der Waals surface area contributed by atoms with Gasteiger partial charge in [-0.05, 0) is 62.4 Å². The van der Waals surface area contributed by atoms with Crippen LogP contribution in [0.1, 0.15) is 55.5 Å². The van der Waals surface area contributed by atoms with E-state index in [0.717, 1.165) is 22.3 Å². The molecular weight excluding hydrogens is 653 g/mol. The summed E-state index contributed by atoms with van der Waals surface area (Å²) in [6.07, 6.45) is 0.246. The average molecular weight is 697 g/mol. The molecule has 6 rings (SSSR count). The minimum absolute atomic E-state index is 0.119. The molecule has 0 aromatic heterocycles. The number of anilines is 1. The molecule has 1 N–H and O–H groups in total. The van der Waals surface area contributed by atoms with Gasteiger partial charge in [-0.25, -0.2) is 13.7 Å². The van der Waals surface area contributed by atoms with E-state index < -0.39 is 38.7 Å². The van der Waals surface area contributed by atoms with Crippen LogP contribution in [0.5, 0.6) is 0 Å². The van der Waals surface area contributed by atoms with Crippen LogP contribution in [0.25, 0.3) is 0 Å². The van der Waals surface area contributed by atoms with Gasteiger partial charge in [-0.3, -0.25) is 9.69 Å². The Morgan fingerprint density at radius 2 is 1.22 bits per heavy atom. The number of benzene rings is 5. The number of amides is 1. The van der Waals surface area contributed by atoms with E-state index in [-0.39, 0.29) is 24.5 Å². The molecule has 1 aliphatic heterocycles. The second-order valence-electron chi connectivity index (χ2n) is 13.7. The summed E-state index contributed by atoms with van der Waals surface area (Å²) in [5.74, 6) is -1.86. The van der Waals surface area contributed by atoms with Gasteiger partial charge in [-0.2, -0.15) is 0 Å². The first-order valence-corrected chi connectivity index (χ1v) is 18.4. The number of nitrogens with one attached hydrogen (secondary N) is 1. The molecule has 1 amide bonds. The molecule has 0 radical (unpaired) electrons. The molecule has 5 aromatic rings. The highest BCUT2D eigenvalue weighted by Gasteiger charge is 2.63. The summed E-state index contributed by atoms with van der Waals surface area (Å²) in [6, 6.07) is 47.3. The Morgan fingerprint density at radius 3 is 1.69 bits per heavy atom. The Labute approximate surface area is 303 Å². The smallest absolute Gasteiger partial charge is 0.333 e. The topological polar surface area (TPSA) is 75.7 Å². The van der Waals surface area contributed by atoms with Crippen molar-refractivity contribution in [2.75, 3.05) is 11.5 Å². The number of nitrogens with zero attached hydrogens (tertiary/aromatic N) is 1. The van der Waals surface area contributed by atoms with E-state index in [0.29, 0.717) is 11.3 Å². The fourth-order valence-corrected chi connectivity index (χ4v) is 8.16. The summed E-state index contributed by atoms with van der Waals surface area (Å²) >= 11 is 0. The number of carbonyl (C=O) groups is 2. The molecule has 1 aliphatic rings. The highest BCUT2D eigenvalue weighted by molar-refractivity contribution is 7.84. The SMILES string of the molecule is C=C(C(=O)OCC)[C@H](Cc1ccccc1)[C@@]1(NS(=O)C(C)(C)C)C(=O)N(C(c2ccccc2)(c2ccccc2)c2ccccc2)c2ccccc21. The number of hydrogen-bond donors (Lipinski definition) is 1. The highest BCUT2D eigenvalue weighted by atomic mass is 32.2. The van der Waals surface area contributed by atoms with Crippen molar-refractivity contribution >= 4 is 28.5 Å². The number of esters is 1. The fourth-order valence-electron chi connectivity index (χ4n) is 7.22. The van der Waals surface area contributed by atoms with Crippen LogP contribution in [0.15, 0.2) is 158 Å². The molecule has 0 fully saturated rings. The number of carbonyl (C=O) groups excluding carboxylic acids is 2. The van der Waals surface area contributed by atoms with E-state index in [9.17, 15) is 9.00 Å². The quantitative estimate of drug-likeness (QED) is 0.0810. The molecule has 0 saturated carbocycles. The van der Waals surface area contributed by atoms with Crippen molar-refractivity contribution in [3.8, 4) is 0 Å². The first kappa shape index (κ1) is 35.7. The van der Waals surface area contributed by atoms with Gasteiger partial charge < -0.3 is 4.74 Å². The second kappa shape index (κ2) is 14.6. The lowest BCUT2D eigenvalue weighted by atomic mass is 9.72. The summed E-state index contributed by atoms with van der Waals surface area (Å²) in [5, 5.41) is 0. The van der Waals surface area contributed by atoms with Crippen molar-refractivity contribution in [1.29, 1.82) is 0 Å². The van der Waals surface area contributed by atoms with E-state index in [2.05, 4.69) is 11.3 Å². The van der Waals surface area contributed by atoms with Gasteiger partial charge in [0.05, 0.1) is 28.0 Å². The molecule has 6 nitrogen and oxygen atoms in total. The summed E-state index contributed by atoms with van der Waals surface area (Å²) in [5.41, 5.74) is 1.93. The summed E-state index contributed by atoms with van der Waals surface area (Å²) in [4.78, 5) is 32.0. The first-order valence-electron chi connectivity index (χ1n) is 17.3. The lowest BCUT2D eigenvalue weighted by molar-refractivity contribution is -0.139. The Hall–Kier alpha value is -5.11. The van der Waals surface area contributed by atoms with Crippen molar-refractivity contribution < 1.29 is 18.5 Å². The molecule has 5 aromatic carbocycles. The van der Waals surface area contributed by atoms with Crippen molar-refractivity contribution in [2.24, 2.45) is 5.92 Å². The molecule has 1 heterocycles. The molecule has 260 valence electrons. The summed E-state index contributed by atoms with van der Waals surface area (Å²) < 4.78 is 22.7. The summed E-state index contributed by atoms with van der Waals surface area (Å²) in [6.45, 7) is 11.8. The highest BCUT2D eigenvalue weighted by Crippen LogP contribution is 2.55. The predicted molar refractivity (Wildman–Crippen MR) is 205 cm³/mol. The lowest BCUT2D eigenvalue weighted by Crippen LogP contribution is -2.62. The molecule has 0 spiro atoms. The predicted octanol–water partition coefficient (Wildman–Crippen LogP) is 8.25. The lowest BCUT2D eigenvalue weighted by Gasteiger charge is -2.46. The second-order valence-corrected chi connectivity index (χ2v) is 15.7. The molecule has 0 aliphatic carbocycles. The minimum atomic E-state index is -1.77. The molecule has 0 saturated heterocycles. The Bertz CT molecular complexity index is 1930. The zero-order valence-corrected chi connectivity index (χ0v) is 30.4. The van der Waals surface area contributed by atoms with Gasteiger partial charge in [-0.15, -0.1) is 0 Å². The minimum Gasteiger partial charge on any atom is -0.463 e.